The molecule has 0 heterocycles. The molecule has 2 aromatic rings. The number of nitrogens with one attached hydrogen (secondary N) is 1. The molecule has 0 bridgehead atoms. The summed E-state index contributed by atoms with van der Waals surface area (Å²) in [5.41, 5.74) is 1.03. The van der Waals surface area contributed by atoms with Crippen molar-refractivity contribution in [1.29, 1.82) is 0 Å². The minimum atomic E-state index is -0.971. The van der Waals surface area contributed by atoms with E-state index in [4.69, 9.17) is 0 Å². The van der Waals surface area contributed by atoms with Crippen molar-refractivity contribution in [3.05, 3.63) is 59.7 Å². The highest BCUT2D eigenvalue weighted by Crippen LogP contribution is 2.26. The molecule has 0 aliphatic carbocycles. The van der Waals surface area contributed by atoms with Gasteiger partial charge in [-0.2, -0.15) is 0 Å². The summed E-state index contributed by atoms with van der Waals surface area (Å²) in [6.45, 7) is 1.43. The van der Waals surface area contributed by atoms with Crippen LogP contribution in [0.4, 0.5) is 14.5 Å². The first-order valence-electron chi connectivity index (χ1n) is 6.59. The average molecular weight is 323 g/mol. The Hall–Kier alpha value is -1.92. The number of aliphatic hydroxyl groups is 1. The lowest BCUT2D eigenvalue weighted by atomic mass is 10.1. The smallest absolute Gasteiger partial charge is 0.221 e. The Morgan fingerprint density at radius 3 is 2.45 bits per heavy atom. The second kappa shape index (κ2) is 7.38. The summed E-state index contributed by atoms with van der Waals surface area (Å²) in [6.07, 6.45) is -0.893. The maximum absolute atomic E-state index is 13.1. The molecule has 0 aliphatic rings. The molecule has 3 nitrogen and oxygen atoms in total. The van der Waals surface area contributed by atoms with Gasteiger partial charge < -0.3 is 10.4 Å². The Morgan fingerprint density at radius 1 is 1.18 bits per heavy atom. The van der Waals surface area contributed by atoms with Crippen LogP contribution in [0.15, 0.2) is 47.4 Å². The van der Waals surface area contributed by atoms with Crippen LogP contribution >= 0.6 is 11.8 Å². The quantitative estimate of drug-likeness (QED) is 0.824. The fraction of sp³-hybridized carbons (Fsp3) is 0.188. The number of aliphatic hydroxyl groups excluding tert-OH is 1. The molecule has 0 saturated heterocycles. The molecule has 0 spiro atoms. The third-order valence-electron chi connectivity index (χ3n) is 2.91. The van der Waals surface area contributed by atoms with Crippen LogP contribution < -0.4 is 5.32 Å². The molecule has 0 fully saturated rings. The van der Waals surface area contributed by atoms with Crippen molar-refractivity contribution in [2.24, 2.45) is 0 Å². The number of rotatable bonds is 5. The van der Waals surface area contributed by atoms with Crippen molar-refractivity contribution in [2.75, 3.05) is 11.1 Å². The van der Waals surface area contributed by atoms with E-state index in [2.05, 4.69) is 5.32 Å². The van der Waals surface area contributed by atoms with Gasteiger partial charge in [-0.05, 0) is 42.0 Å². The van der Waals surface area contributed by atoms with Crippen LogP contribution in [0, 0.1) is 11.6 Å². The van der Waals surface area contributed by atoms with Gasteiger partial charge in [0.1, 0.15) is 0 Å². The first-order valence-corrected chi connectivity index (χ1v) is 7.58. The Kier molecular flexibility index (Phi) is 5.51. The molecular weight excluding hydrogens is 308 g/mol. The zero-order chi connectivity index (χ0) is 16.1. The van der Waals surface area contributed by atoms with Crippen molar-refractivity contribution in [1.82, 2.24) is 0 Å². The lowest BCUT2D eigenvalue weighted by Crippen LogP contribution is -2.05. The molecule has 2 rings (SSSR count). The highest BCUT2D eigenvalue weighted by atomic mass is 32.2. The standard InChI is InChI=1S/C16H15F2NO2S/c1-10(20)19-12-3-5-13(6-4-12)22-9-16(21)11-2-7-14(17)15(18)8-11/h2-8,16,21H,9H2,1H3,(H,19,20). The number of carbonyl (C=O) groups is 1. The predicted octanol–water partition coefficient (Wildman–Crippen LogP) is 3.75. The minimum Gasteiger partial charge on any atom is -0.388 e. The molecule has 0 radical (unpaired) electrons. The van der Waals surface area contributed by atoms with Crippen LogP contribution in [0.1, 0.15) is 18.6 Å². The summed E-state index contributed by atoms with van der Waals surface area (Å²) in [7, 11) is 0. The maximum atomic E-state index is 13.1. The first-order chi connectivity index (χ1) is 10.5. The van der Waals surface area contributed by atoms with E-state index in [1.54, 1.807) is 12.1 Å². The van der Waals surface area contributed by atoms with Gasteiger partial charge in [-0.3, -0.25) is 4.79 Å². The number of thioether (sulfide) groups is 1. The van der Waals surface area contributed by atoms with E-state index in [0.29, 0.717) is 17.0 Å². The number of hydrogen-bond donors (Lipinski definition) is 2. The summed E-state index contributed by atoms with van der Waals surface area (Å²) in [5, 5.41) is 12.7. The molecule has 1 atom stereocenters. The first kappa shape index (κ1) is 16.5. The zero-order valence-electron chi connectivity index (χ0n) is 11.8. The van der Waals surface area contributed by atoms with E-state index in [0.717, 1.165) is 17.0 Å². The number of hydrogen-bond acceptors (Lipinski definition) is 3. The van der Waals surface area contributed by atoms with Crippen LogP contribution in [0.2, 0.25) is 0 Å². The molecule has 0 aromatic heterocycles. The third-order valence-corrected chi connectivity index (χ3v) is 4.00. The van der Waals surface area contributed by atoms with E-state index in [9.17, 15) is 18.7 Å². The van der Waals surface area contributed by atoms with Gasteiger partial charge in [-0.1, -0.05) is 6.07 Å². The molecule has 1 amide bonds. The third kappa shape index (κ3) is 4.54. The highest BCUT2D eigenvalue weighted by Gasteiger charge is 2.11. The van der Waals surface area contributed by atoms with Gasteiger partial charge in [-0.15, -0.1) is 11.8 Å². The van der Waals surface area contributed by atoms with E-state index >= 15 is 0 Å². The van der Waals surface area contributed by atoms with Gasteiger partial charge in [0.2, 0.25) is 5.91 Å². The summed E-state index contributed by atoms with van der Waals surface area (Å²) in [5.74, 6) is -1.74. The van der Waals surface area contributed by atoms with Crippen molar-refractivity contribution in [2.45, 2.75) is 17.9 Å². The van der Waals surface area contributed by atoms with Gasteiger partial charge in [0.25, 0.3) is 0 Å². The summed E-state index contributed by atoms with van der Waals surface area (Å²) in [4.78, 5) is 11.8. The van der Waals surface area contributed by atoms with Crippen molar-refractivity contribution < 1.29 is 18.7 Å². The van der Waals surface area contributed by atoms with Crippen molar-refractivity contribution in [3.63, 3.8) is 0 Å². The van der Waals surface area contributed by atoms with Gasteiger partial charge in [-0.25, -0.2) is 8.78 Å². The zero-order valence-corrected chi connectivity index (χ0v) is 12.7. The van der Waals surface area contributed by atoms with Crippen LogP contribution in [-0.4, -0.2) is 16.8 Å². The van der Waals surface area contributed by atoms with E-state index in [-0.39, 0.29) is 5.91 Å². The topological polar surface area (TPSA) is 49.3 Å². The Morgan fingerprint density at radius 2 is 1.86 bits per heavy atom. The number of anilines is 1. The Bertz CT molecular complexity index is 662. The van der Waals surface area contributed by atoms with Gasteiger partial charge >= 0.3 is 0 Å². The van der Waals surface area contributed by atoms with Crippen LogP contribution in [0.5, 0.6) is 0 Å². The van der Waals surface area contributed by atoms with Gasteiger partial charge in [0.05, 0.1) is 6.10 Å². The van der Waals surface area contributed by atoms with Gasteiger partial charge in [0, 0.05) is 23.3 Å². The maximum Gasteiger partial charge on any atom is 0.221 e. The summed E-state index contributed by atoms with van der Waals surface area (Å²) >= 11 is 1.38. The lowest BCUT2D eigenvalue weighted by molar-refractivity contribution is -0.114. The van der Waals surface area contributed by atoms with Crippen molar-refractivity contribution in [3.8, 4) is 0 Å². The molecule has 1 unspecified atom stereocenters. The summed E-state index contributed by atoms with van der Waals surface area (Å²) < 4.78 is 26.0. The average Bonchev–Trinajstić information content (AvgIpc) is 2.48. The monoisotopic (exact) mass is 323 g/mol. The molecule has 116 valence electrons. The highest BCUT2D eigenvalue weighted by molar-refractivity contribution is 7.99. The molecule has 2 aromatic carbocycles. The fourth-order valence-electron chi connectivity index (χ4n) is 1.83. The molecule has 6 heteroatoms. The van der Waals surface area contributed by atoms with Gasteiger partial charge in [0.15, 0.2) is 11.6 Å². The molecular formula is C16H15F2NO2S. The van der Waals surface area contributed by atoms with Crippen LogP contribution in [0.3, 0.4) is 0 Å². The molecule has 2 N–H and O–H groups in total. The minimum absolute atomic E-state index is 0.144. The molecule has 0 aliphatic heterocycles. The molecule has 0 saturated carbocycles. The predicted molar refractivity (Wildman–Crippen MR) is 82.8 cm³/mol. The number of carbonyl (C=O) groups excluding carboxylic acids is 1. The normalized spacial score (nSPS) is 12.0. The molecule has 22 heavy (non-hydrogen) atoms. The summed E-state index contributed by atoms with van der Waals surface area (Å²) in [6, 6.07) is 10.5. The van der Waals surface area contributed by atoms with E-state index < -0.39 is 17.7 Å². The largest absolute Gasteiger partial charge is 0.388 e. The second-order valence-electron chi connectivity index (χ2n) is 4.71. The van der Waals surface area contributed by atoms with Crippen LogP contribution in [-0.2, 0) is 4.79 Å². The van der Waals surface area contributed by atoms with E-state index in [1.807, 2.05) is 12.1 Å². The number of benzene rings is 2. The number of amides is 1. The number of halogens is 2. The van der Waals surface area contributed by atoms with Crippen molar-refractivity contribution >= 4 is 23.4 Å². The fourth-order valence-corrected chi connectivity index (χ4v) is 2.70. The second-order valence-corrected chi connectivity index (χ2v) is 5.80. The Labute approximate surface area is 131 Å². The lowest BCUT2D eigenvalue weighted by Gasteiger charge is -2.11. The Balaban J connectivity index is 1.94. The van der Waals surface area contributed by atoms with Crippen LogP contribution in [0.25, 0.3) is 0 Å². The SMILES string of the molecule is CC(=O)Nc1ccc(SCC(O)c2ccc(F)c(F)c2)cc1. The van der Waals surface area contributed by atoms with E-state index in [1.165, 1.54) is 24.8 Å².